The number of halogens is 1. The Bertz CT molecular complexity index is 182. The normalized spacial score (nSPS) is 37.0. The molecule has 0 aromatic rings. The van der Waals surface area contributed by atoms with Crippen LogP contribution in [0.5, 0.6) is 0 Å². The summed E-state index contributed by atoms with van der Waals surface area (Å²) in [4.78, 5) is 0. The van der Waals surface area contributed by atoms with Gasteiger partial charge in [-0.3, -0.25) is 0 Å². The largest absolute Gasteiger partial charge is 0.381 e. The molecule has 0 spiro atoms. The predicted octanol–water partition coefficient (Wildman–Crippen LogP) is 2.41. The second kappa shape index (κ2) is 6.07. The highest BCUT2D eigenvalue weighted by molar-refractivity contribution is 6.18. The van der Waals surface area contributed by atoms with Crippen molar-refractivity contribution in [3.05, 3.63) is 0 Å². The maximum absolute atomic E-state index is 6.01. The quantitative estimate of drug-likeness (QED) is 0.751. The van der Waals surface area contributed by atoms with Gasteiger partial charge in [0.25, 0.3) is 0 Å². The van der Waals surface area contributed by atoms with Crippen molar-refractivity contribution in [3.8, 4) is 0 Å². The van der Waals surface area contributed by atoms with Crippen LogP contribution in [0.1, 0.15) is 32.1 Å². The van der Waals surface area contributed by atoms with Crippen LogP contribution in [-0.2, 0) is 4.74 Å². The Morgan fingerprint density at radius 2 is 2.07 bits per heavy atom. The highest BCUT2D eigenvalue weighted by Gasteiger charge is 2.25. The molecule has 3 unspecified atom stereocenters. The summed E-state index contributed by atoms with van der Waals surface area (Å²) in [5, 5.41) is 3.70. The topological polar surface area (TPSA) is 21.3 Å². The molecule has 0 aromatic heterocycles. The molecule has 2 rings (SSSR count). The average molecular weight is 232 g/mol. The van der Waals surface area contributed by atoms with Crippen LogP contribution in [0, 0.1) is 11.8 Å². The number of alkyl halides is 1. The molecular weight excluding hydrogens is 210 g/mol. The molecule has 1 heterocycles. The predicted molar refractivity (Wildman–Crippen MR) is 63.4 cm³/mol. The third-order valence-corrected chi connectivity index (χ3v) is 4.20. The van der Waals surface area contributed by atoms with Gasteiger partial charge in [0, 0.05) is 25.1 Å². The first kappa shape index (κ1) is 11.7. The summed E-state index contributed by atoms with van der Waals surface area (Å²) < 4.78 is 5.38. The first-order valence-electron chi connectivity index (χ1n) is 6.27. The van der Waals surface area contributed by atoms with Gasteiger partial charge in [-0.15, -0.1) is 11.6 Å². The van der Waals surface area contributed by atoms with E-state index in [1.165, 1.54) is 32.1 Å². The summed E-state index contributed by atoms with van der Waals surface area (Å²) in [5.41, 5.74) is 0. The van der Waals surface area contributed by atoms with Crippen molar-refractivity contribution in [2.24, 2.45) is 11.8 Å². The van der Waals surface area contributed by atoms with Crippen LogP contribution in [0.2, 0.25) is 0 Å². The van der Waals surface area contributed by atoms with E-state index in [0.717, 1.165) is 31.6 Å². The second-order valence-corrected chi connectivity index (χ2v) is 5.25. The van der Waals surface area contributed by atoms with Crippen LogP contribution >= 0.6 is 11.6 Å². The molecule has 1 aliphatic carbocycles. The van der Waals surface area contributed by atoms with Crippen LogP contribution in [0.15, 0.2) is 0 Å². The first-order valence-corrected chi connectivity index (χ1v) is 6.80. The van der Waals surface area contributed by atoms with Crippen LogP contribution in [0.25, 0.3) is 0 Å². The van der Waals surface area contributed by atoms with Crippen LogP contribution in [0.3, 0.4) is 0 Å². The molecular formula is C12H22ClNO. The third kappa shape index (κ3) is 3.33. The van der Waals surface area contributed by atoms with Crippen molar-refractivity contribution in [2.75, 3.05) is 25.6 Å². The zero-order valence-corrected chi connectivity index (χ0v) is 10.1. The van der Waals surface area contributed by atoms with Gasteiger partial charge in [0.1, 0.15) is 0 Å². The first-order chi connectivity index (χ1) is 7.40. The van der Waals surface area contributed by atoms with E-state index in [1.807, 2.05) is 0 Å². The van der Waals surface area contributed by atoms with Crippen molar-refractivity contribution in [1.29, 1.82) is 0 Å². The van der Waals surface area contributed by atoms with E-state index < -0.39 is 0 Å². The van der Waals surface area contributed by atoms with Gasteiger partial charge >= 0.3 is 0 Å². The van der Waals surface area contributed by atoms with Crippen molar-refractivity contribution < 1.29 is 4.74 Å². The van der Waals surface area contributed by atoms with Crippen LogP contribution in [0.4, 0.5) is 0 Å². The van der Waals surface area contributed by atoms with Gasteiger partial charge in [0.2, 0.25) is 0 Å². The van der Waals surface area contributed by atoms with Crippen LogP contribution < -0.4 is 5.32 Å². The smallest absolute Gasteiger partial charge is 0.0507 e. The molecule has 0 aromatic carbocycles. The van der Waals surface area contributed by atoms with Crippen molar-refractivity contribution in [3.63, 3.8) is 0 Å². The Morgan fingerprint density at radius 1 is 1.20 bits per heavy atom. The number of rotatable bonds is 4. The molecule has 2 aliphatic rings. The molecule has 1 saturated carbocycles. The Kier molecular flexibility index (Phi) is 4.73. The zero-order chi connectivity index (χ0) is 10.5. The van der Waals surface area contributed by atoms with Crippen molar-refractivity contribution >= 4 is 11.6 Å². The Hall–Kier alpha value is 0.210. The van der Waals surface area contributed by atoms with Crippen molar-refractivity contribution in [1.82, 2.24) is 5.32 Å². The molecule has 3 heteroatoms. The number of hydrogen-bond donors (Lipinski definition) is 1. The highest BCUT2D eigenvalue weighted by Crippen LogP contribution is 2.25. The van der Waals surface area contributed by atoms with Gasteiger partial charge in [-0.2, -0.15) is 0 Å². The zero-order valence-electron chi connectivity index (χ0n) is 9.38. The van der Waals surface area contributed by atoms with E-state index in [2.05, 4.69) is 5.32 Å². The fraction of sp³-hybridized carbons (Fsp3) is 1.00. The minimum absolute atomic E-state index is 0.664. The summed E-state index contributed by atoms with van der Waals surface area (Å²) in [7, 11) is 0. The Morgan fingerprint density at radius 3 is 2.80 bits per heavy atom. The lowest BCUT2D eigenvalue weighted by Crippen LogP contribution is -2.41. The monoisotopic (exact) mass is 231 g/mol. The molecule has 88 valence electrons. The summed E-state index contributed by atoms with van der Waals surface area (Å²) in [6, 6.07) is 0.664. The number of nitrogens with one attached hydrogen (secondary N) is 1. The van der Waals surface area contributed by atoms with E-state index in [9.17, 15) is 0 Å². The summed E-state index contributed by atoms with van der Waals surface area (Å²) in [6.07, 6.45) is 6.58. The summed E-state index contributed by atoms with van der Waals surface area (Å²) >= 11 is 6.01. The van der Waals surface area contributed by atoms with E-state index in [-0.39, 0.29) is 0 Å². The minimum Gasteiger partial charge on any atom is -0.381 e. The van der Waals surface area contributed by atoms with Gasteiger partial charge in [-0.05, 0) is 31.1 Å². The molecule has 0 radical (unpaired) electrons. The number of hydrogen-bond acceptors (Lipinski definition) is 2. The average Bonchev–Trinajstić information content (AvgIpc) is 2.79. The Labute approximate surface area is 97.7 Å². The second-order valence-electron chi connectivity index (χ2n) is 4.94. The summed E-state index contributed by atoms with van der Waals surface area (Å²) in [6.45, 7) is 3.03. The molecule has 1 saturated heterocycles. The SMILES string of the molecule is ClCC1CCCCC1NCC1CCOC1. The molecule has 0 bridgehead atoms. The van der Waals surface area contributed by atoms with Gasteiger partial charge in [0.05, 0.1) is 6.61 Å². The molecule has 1 N–H and O–H groups in total. The fourth-order valence-electron chi connectivity index (χ4n) is 2.72. The maximum atomic E-state index is 6.01. The standard InChI is InChI=1S/C12H22ClNO/c13-7-11-3-1-2-4-12(11)14-8-10-5-6-15-9-10/h10-12,14H,1-9H2. The molecule has 0 amide bonds. The third-order valence-electron chi connectivity index (χ3n) is 3.80. The Balaban J connectivity index is 1.71. The van der Waals surface area contributed by atoms with Gasteiger partial charge in [0.15, 0.2) is 0 Å². The summed E-state index contributed by atoms with van der Waals surface area (Å²) in [5.74, 6) is 2.25. The lowest BCUT2D eigenvalue weighted by Gasteiger charge is -2.31. The lowest BCUT2D eigenvalue weighted by molar-refractivity contribution is 0.182. The van der Waals surface area contributed by atoms with E-state index in [1.54, 1.807) is 0 Å². The number of ether oxygens (including phenoxy) is 1. The molecule has 15 heavy (non-hydrogen) atoms. The lowest BCUT2D eigenvalue weighted by atomic mass is 9.85. The van der Waals surface area contributed by atoms with E-state index in [0.29, 0.717) is 12.0 Å². The maximum Gasteiger partial charge on any atom is 0.0507 e. The van der Waals surface area contributed by atoms with Gasteiger partial charge in [-0.1, -0.05) is 12.8 Å². The van der Waals surface area contributed by atoms with Gasteiger partial charge < -0.3 is 10.1 Å². The fourth-order valence-corrected chi connectivity index (χ4v) is 3.09. The van der Waals surface area contributed by atoms with Crippen LogP contribution in [-0.4, -0.2) is 31.7 Å². The molecule has 2 nitrogen and oxygen atoms in total. The van der Waals surface area contributed by atoms with E-state index in [4.69, 9.17) is 16.3 Å². The van der Waals surface area contributed by atoms with Crippen molar-refractivity contribution in [2.45, 2.75) is 38.1 Å². The highest BCUT2D eigenvalue weighted by atomic mass is 35.5. The minimum atomic E-state index is 0.664. The van der Waals surface area contributed by atoms with E-state index >= 15 is 0 Å². The molecule has 1 aliphatic heterocycles. The van der Waals surface area contributed by atoms with Gasteiger partial charge in [-0.25, -0.2) is 0 Å². The molecule has 2 fully saturated rings. The molecule has 3 atom stereocenters.